The third-order valence-corrected chi connectivity index (χ3v) is 3.13. The summed E-state index contributed by atoms with van der Waals surface area (Å²) in [6.45, 7) is 4.28. The van der Waals surface area contributed by atoms with Crippen molar-refractivity contribution in [3.8, 4) is 0 Å². The average Bonchev–Trinajstić information content (AvgIpc) is 2.48. The molecule has 1 aromatic rings. The fourth-order valence-corrected chi connectivity index (χ4v) is 1.95. The Hall–Kier alpha value is -0.480. The van der Waals surface area contributed by atoms with Gasteiger partial charge in [0.1, 0.15) is 5.76 Å². The molecule has 1 atom stereocenters. The molecule has 0 aromatic carbocycles. The van der Waals surface area contributed by atoms with Crippen molar-refractivity contribution in [2.75, 3.05) is 6.61 Å². The Morgan fingerprint density at radius 2 is 2.46 bits per heavy atom. The lowest BCUT2D eigenvalue weighted by atomic mass is 10.3. The van der Waals surface area contributed by atoms with Crippen molar-refractivity contribution in [1.29, 1.82) is 0 Å². The first-order chi connectivity index (χ1) is 6.24. The first-order valence-electron chi connectivity index (χ1n) is 4.35. The smallest absolute Gasteiger partial charge is 0.181 e. The molecule has 0 radical (unpaired) electrons. The van der Waals surface area contributed by atoms with Crippen LogP contribution >= 0.6 is 11.8 Å². The molecule has 4 heteroatoms. The van der Waals surface area contributed by atoms with Crippen molar-refractivity contribution < 1.29 is 9.52 Å². The minimum Gasteiger partial charge on any atom is -0.448 e. The Labute approximate surface area is 82.6 Å². The van der Waals surface area contributed by atoms with Crippen molar-refractivity contribution in [1.82, 2.24) is 4.98 Å². The highest BCUT2D eigenvalue weighted by atomic mass is 32.2. The van der Waals surface area contributed by atoms with Crippen LogP contribution in [-0.2, 0) is 5.75 Å². The summed E-state index contributed by atoms with van der Waals surface area (Å²) >= 11 is 1.79. The molecule has 1 N–H and O–H groups in total. The summed E-state index contributed by atoms with van der Waals surface area (Å²) in [7, 11) is 0. The lowest BCUT2D eigenvalue weighted by molar-refractivity contribution is 0.289. The topological polar surface area (TPSA) is 46.3 Å². The maximum absolute atomic E-state index is 8.70. The first kappa shape index (κ1) is 10.6. The molecule has 0 aliphatic heterocycles. The highest BCUT2D eigenvalue weighted by Gasteiger charge is 2.06. The Balaban J connectivity index is 2.30. The normalized spacial score (nSPS) is 13.2. The van der Waals surface area contributed by atoms with E-state index < -0.39 is 0 Å². The molecule has 13 heavy (non-hydrogen) atoms. The number of thioether (sulfide) groups is 1. The Morgan fingerprint density at radius 3 is 3.00 bits per heavy atom. The molecule has 0 aliphatic rings. The number of rotatable bonds is 5. The van der Waals surface area contributed by atoms with Crippen LogP contribution in [-0.4, -0.2) is 21.9 Å². The summed E-state index contributed by atoms with van der Waals surface area (Å²) in [6, 6.07) is 0. The highest BCUT2D eigenvalue weighted by molar-refractivity contribution is 7.99. The van der Waals surface area contributed by atoms with Crippen molar-refractivity contribution in [2.24, 2.45) is 0 Å². The lowest BCUT2D eigenvalue weighted by Gasteiger charge is -2.07. The van der Waals surface area contributed by atoms with E-state index in [1.54, 1.807) is 11.8 Å². The average molecular weight is 201 g/mol. The lowest BCUT2D eigenvalue weighted by Crippen LogP contribution is -2.00. The van der Waals surface area contributed by atoms with Gasteiger partial charge in [0, 0.05) is 17.6 Å². The molecular formula is C9H15NO2S. The van der Waals surface area contributed by atoms with Crippen LogP contribution < -0.4 is 0 Å². The number of aliphatic hydroxyl groups excluding tert-OH is 1. The fraction of sp³-hybridized carbons (Fsp3) is 0.667. The van der Waals surface area contributed by atoms with Crippen LogP contribution in [0.2, 0.25) is 0 Å². The van der Waals surface area contributed by atoms with Crippen LogP contribution in [0.5, 0.6) is 0 Å². The number of aryl methyl sites for hydroxylation is 1. The third kappa shape index (κ3) is 3.40. The second kappa shape index (κ2) is 5.29. The molecule has 3 nitrogen and oxygen atoms in total. The van der Waals surface area contributed by atoms with Gasteiger partial charge in [-0.15, -0.1) is 0 Å². The van der Waals surface area contributed by atoms with E-state index in [4.69, 9.17) is 9.52 Å². The number of oxazole rings is 1. The SMILES string of the molecule is Cc1ocnc1CSC(C)CCO. The van der Waals surface area contributed by atoms with Gasteiger partial charge < -0.3 is 9.52 Å². The summed E-state index contributed by atoms with van der Waals surface area (Å²) < 4.78 is 5.08. The fourth-order valence-electron chi connectivity index (χ4n) is 0.953. The number of aliphatic hydroxyl groups is 1. The van der Waals surface area contributed by atoms with Gasteiger partial charge >= 0.3 is 0 Å². The second-order valence-electron chi connectivity index (χ2n) is 2.99. The van der Waals surface area contributed by atoms with Gasteiger partial charge in [-0.25, -0.2) is 4.98 Å². The molecule has 0 saturated carbocycles. The predicted molar refractivity (Wildman–Crippen MR) is 53.7 cm³/mol. The summed E-state index contributed by atoms with van der Waals surface area (Å²) in [5.74, 6) is 1.76. The van der Waals surface area contributed by atoms with Crippen LogP contribution in [0.15, 0.2) is 10.8 Å². The Kier molecular flexibility index (Phi) is 4.32. The second-order valence-corrected chi connectivity index (χ2v) is 4.42. The zero-order valence-corrected chi connectivity index (χ0v) is 8.80. The van der Waals surface area contributed by atoms with Crippen LogP contribution in [0.1, 0.15) is 24.8 Å². The maximum atomic E-state index is 8.70. The van der Waals surface area contributed by atoms with Crippen LogP contribution in [0, 0.1) is 6.92 Å². The van der Waals surface area contributed by atoms with Gasteiger partial charge in [0.05, 0.1) is 5.69 Å². The Morgan fingerprint density at radius 1 is 1.69 bits per heavy atom. The van der Waals surface area contributed by atoms with Gasteiger partial charge in [-0.1, -0.05) is 6.92 Å². The zero-order chi connectivity index (χ0) is 9.68. The molecule has 1 aromatic heterocycles. The first-order valence-corrected chi connectivity index (χ1v) is 5.40. The summed E-state index contributed by atoms with van der Waals surface area (Å²) in [6.07, 6.45) is 2.31. The van der Waals surface area contributed by atoms with Crippen LogP contribution in [0.4, 0.5) is 0 Å². The third-order valence-electron chi connectivity index (χ3n) is 1.88. The number of aromatic nitrogens is 1. The van der Waals surface area contributed by atoms with Crippen molar-refractivity contribution in [3.63, 3.8) is 0 Å². The maximum Gasteiger partial charge on any atom is 0.181 e. The molecule has 0 amide bonds. The van der Waals surface area contributed by atoms with Crippen LogP contribution in [0.3, 0.4) is 0 Å². The van der Waals surface area contributed by atoms with E-state index in [9.17, 15) is 0 Å². The predicted octanol–water partition coefficient (Wildman–Crippen LogP) is 1.99. The van der Waals surface area contributed by atoms with Gasteiger partial charge in [0.2, 0.25) is 0 Å². The minimum atomic E-state index is 0.256. The zero-order valence-electron chi connectivity index (χ0n) is 7.99. The van der Waals surface area contributed by atoms with Crippen molar-refractivity contribution in [2.45, 2.75) is 31.3 Å². The molecule has 74 valence electrons. The largest absolute Gasteiger partial charge is 0.448 e. The van der Waals surface area contributed by atoms with E-state index in [1.165, 1.54) is 6.39 Å². The molecule has 1 unspecified atom stereocenters. The van der Waals surface area contributed by atoms with Gasteiger partial charge in [0.25, 0.3) is 0 Å². The Bertz CT molecular complexity index is 250. The van der Waals surface area contributed by atoms with Crippen LogP contribution in [0.25, 0.3) is 0 Å². The minimum absolute atomic E-state index is 0.256. The standard InChI is InChI=1S/C9H15NO2S/c1-7(3-4-11)13-5-9-8(2)12-6-10-9/h6-7,11H,3-5H2,1-2H3. The molecule has 0 fully saturated rings. The van der Waals surface area contributed by atoms with Gasteiger partial charge in [0.15, 0.2) is 6.39 Å². The van der Waals surface area contributed by atoms with Crippen molar-refractivity contribution in [3.05, 3.63) is 17.8 Å². The molecule has 1 rings (SSSR count). The van der Waals surface area contributed by atoms with E-state index in [0.717, 1.165) is 23.6 Å². The van der Waals surface area contributed by atoms with E-state index in [-0.39, 0.29) is 6.61 Å². The van der Waals surface area contributed by atoms with Gasteiger partial charge in [-0.3, -0.25) is 0 Å². The molecular weight excluding hydrogens is 186 g/mol. The molecule has 0 bridgehead atoms. The number of hydrogen-bond donors (Lipinski definition) is 1. The quantitative estimate of drug-likeness (QED) is 0.791. The molecule has 1 heterocycles. The van der Waals surface area contributed by atoms with Gasteiger partial charge in [-0.2, -0.15) is 11.8 Å². The van der Waals surface area contributed by atoms with Crippen molar-refractivity contribution >= 4 is 11.8 Å². The van der Waals surface area contributed by atoms with E-state index in [1.807, 2.05) is 6.92 Å². The summed E-state index contributed by atoms with van der Waals surface area (Å²) in [5, 5.41) is 9.17. The number of nitrogens with zero attached hydrogens (tertiary/aromatic N) is 1. The molecule has 0 spiro atoms. The summed E-state index contributed by atoms with van der Waals surface area (Å²) in [4.78, 5) is 4.10. The van der Waals surface area contributed by atoms with E-state index >= 15 is 0 Å². The highest BCUT2D eigenvalue weighted by Crippen LogP contribution is 2.20. The molecule has 0 saturated heterocycles. The molecule has 0 aliphatic carbocycles. The number of hydrogen-bond acceptors (Lipinski definition) is 4. The summed E-state index contributed by atoms with van der Waals surface area (Å²) in [5.41, 5.74) is 1.01. The van der Waals surface area contributed by atoms with Gasteiger partial charge in [-0.05, 0) is 13.3 Å². The van der Waals surface area contributed by atoms with E-state index in [0.29, 0.717) is 5.25 Å². The monoisotopic (exact) mass is 201 g/mol. The van der Waals surface area contributed by atoms with E-state index in [2.05, 4.69) is 11.9 Å².